The Hall–Kier alpha value is -10.9. The summed E-state index contributed by atoms with van der Waals surface area (Å²) in [5.74, 6) is -1.20. The molecular weight excluding hydrogens is 1480 g/mol. The number of hydrogen-bond acceptors (Lipinski definition) is 30. The fraction of sp³-hybridized carbons (Fsp3) is 0.346. The van der Waals surface area contributed by atoms with Gasteiger partial charge in [-0.1, -0.05) is 24.3 Å². The molecule has 2 aliphatic heterocycles. The number of rotatable bonds is 26. The highest BCUT2D eigenvalue weighted by atomic mass is 32.1. The summed E-state index contributed by atoms with van der Waals surface area (Å²) in [6.45, 7) is 12.9. The van der Waals surface area contributed by atoms with E-state index in [9.17, 15) is 33.8 Å². The number of ketones is 2. The van der Waals surface area contributed by atoms with Gasteiger partial charge in [-0.05, 0) is 179 Å². The maximum absolute atomic E-state index is 13.0. The van der Waals surface area contributed by atoms with Crippen LogP contribution in [0.1, 0.15) is 102 Å². The molecule has 11 N–H and O–H groups in total. The number of nitrogens with two attached hydrogens (primary N) is 1. The number of nitrogens with zero attached hydrogens (tertiary/aromatic N) is 7. The van der Waals surface area contributed by atoms with Gasteiger partial charge >= 0.3 is 12.1 Å². The van der Waals surface area contributed by atoms with Gasteiger partial charge in [-0.25, -0.2) is 38.9 Å². The van der Waals surface area contributed by atoms with Crippen molar-refractivity contribution in [1.82, 2.24) is 24.9 Å². The molecule has 30 nitrogen and oxygen atoms in total. The Kier molecular flexibility index (Phi) is 35.9. The van der Waals surface area contributed by atoms with Crippen molar-refractivity contribution in [3.8, 4) is 56.0 Å². The highest BCUT2D eigenvalue weighted by Gasteiger charge is 2.34. The number of anilines is 2. The summed E-state index contributed by atoms with van der Waals surface area (Å²) in [6, 6.07) is 37.8. The number of aromatic nitrogens is 5. The third-order valence-corrected chi connectivity index (χ3v) is 16.5. The van der Waals surface area contributed by atoms with E-state index < -0.39 is 60.0 Å². The van der Waals surface area contributed by atoms with Gasteiger partial charge in [0.25, 0.3) is 0 Å². The Morgan fingerprint density at radius 3 is 1.40 bits per heavy atom. The Labute approximate surface area is 647 Å². The zero-order valence-electron chi connectivity index (χ0n) is 61.7. The molecule has 1 amide bonds. The summed E-state index contributed by atoms with van der Waals surface area (Å²) in [5, 5.41) is 94.4. The van der Waals surface area contributed by atoms with E-state index in [1.54, 1.807) is 85.9 Å². The van der Waals surface area contributed by atoms with Gasteiger partial charge in [0.2, 0.25) is 0 Å². The first-order valence-electron chi connectivity index (χ1n) is 34.2. The zero-order valence-corrected chi connectivity index (χ0v) is 63.4. The summed E-state index contributed by atoms with van der Waals surface area (Å²) in [4.78, 5) is 69.8. The number of carboxylic acids is 1. The Balaban J connectivity index is 0.000000222. The maximum atomic E-state index is 13.0. The van der Waals surface area contributed by atoms with E-state index >= 15 is 0 Å². The Morgan fingerprint density at radius 2 is 1.02 bits per heavy atom. The predicted octanol–water partition coefficient (Wildman–Crippen LogP) is 9.08. The predicted molar refractivity (Wildman–Crippen MR) is 406 cm³/mol. The van der Waals surface area contributed by atoms with Crippen LogP contribution in [0.4, 0.5) is 20.6 Å². The molecule has 111 heavy (non-hydrogen) atoms. The number of ether oxygens (including phenoxy) is 9. The molecule has 11 rings (SSSR count). The highest BCUT2D eigenvalue weighted by molar-refractivity contribution is 7.13. The zero-order chi connectivity index (χ0) is 81.1. The van der Waals surface area contributed by atoms with Crippen molar-refractivity contribution in [2.75, 3.05) is 77.1 Å². The SMILES string of the molecule is CC(C)(C)OC(=O)Nc1ccc(-c2cccs2)cc1CC(=O)c1ccc(OC[C@H](O)CO)cn1.CC1(C)OC[C@H](CO)O1.CC1(C)OC[C@H](COc2ccc(C#N)nc2)O1.N#Cc1ccc(F)cn1.Nc1ccc(-c2cccs2)cc1CC(=O)c1ccc(OC[C@H](O)CO)cn1.O=C(O)c1ccc(OC[C@H](O)CO)cn1. The lowest BCUT2D eigenvalue weighted by Crippen LogP contribution is -2.27. The molecule has 5 atom stereocenters. The van der Waals surface area contributed by atoms with Crippen LogP contribution in [0.25, 0.3) is 20.9 Å². The van der Waals surface area contributed by atoms with Crippen LogP contribution < -0.4 is 30.0 Å². The lowest BCUT2D eigenvalue weighted by molar-refractivity contribution is -0.142. The third-order valence-electron chi connectivity index (χ3n) is 14.6. The number of carboxylic acid groups (broad SMARTS) is 1. The standard InChI is InChI=1S/C25H28N2O6S.C20H20N2O4S.C12H14N2O3.C9H11NO5.C6H3FN2.C6H12O3/c1-25(2,3)33-24(31)27-20-8-6-16(23-5-4-10-34-23)11-17(20)12-22(30)21-9-7-19(13-26-21)32-15-18(29)14-28;21-17-5-3-13(20-2-1-7-27-20)8-14(17)9-19(25)18-6-4-16(10-22-18)26-12-15(24)11-23;1-12(2)16-8-11(17-12)7-15-10-4-3-9(5-13)14-6-10;11-4-6(12)5-15-7-1-2-8(9(13)14)10-3-7;7-5-1-2-6(3-8)9-4-5;1-6(2)8-4-5(3-7)9-6/h4-11,13,18,28-29H,12,14-15H2,1-3H3,(H,27,31);1-8,10,15,23-24H,9,11-12,21H2;3-4,6,11H,7-8H2,1-2H3;1-3,6,11-12H,4-5H2,(H,13,14);1-2,4H;5,7H,3-4H2,1-2H3/t18-;15-;11-;6-;;5-/m1101.0/s1. The van der Waals surface area contributed by atoms with Gasteiger partial charge in [0.05, 0.1) is 70.6 Å². The number of carbonyl (C=O) groups is 4. The molecule has 0 aliphatic carbocycles. The number of halogens is 1. The fourth-order valence-corrected chi connectivity index (χ4v) is 10.7. The maximum Gasteiger partial charge on any atom is 0.412 e. The molecule has 2 aromatic carbocycles. The number of nitrogen functional groups attached to an aromatic ring is 1. The molecule has 2 saturated heterocycles. The van der Waals surface area contributed by atoms with Crippen LogP contribution in [0.2, 0.25) is 0 Å². The van der Waals surface area contributed by atoms with Gasteiger partial charge in [0.1, 0.15) is 132 Å². The van der Waals surface area contributed by atoms with E-state index in [-0.39, 0.29) is 93.3 Å². The molecule has 0 unspecified atom stereocenters. The van der Waals surface area contributed by atoms with E-state index in [4.69, 9.17) is 89.5 Å². The molecule has 0 radical (unpaired) electrons. The van der Waals surface area contributed by atoms with Crippen molar-refractivity contribution in [2.45, 2.75) is 109 Å². The molecular formula is C78H88FN9O21S2. The Bertz CT molecular complexity index is 4420. The molecule has 2 aliphatic rings. The molecule has 0 spiro atoms. The number of nitriles is 2. The summed E-state index contributed by atoms with van der Waals surface area (Å²) in [7, 11) is 0. The number of carbonyl (C=O) groups excluding carboxylic acids is 3. The smallest absolute Gasteiger partial charge is 0.412 e. The van der Waals surface area contributed by atoms with E-state index in [1.807, 2.05) is 99.1 Å². The number of amides is 1. The van der Waals surface area contributed by atoms with Crippen molar-refractivity contribution in [3.63, 3.8) is 0 Å². The van der Waals surface area contributed by atoms with Gasteiger partial charge < -0.3 is 89.2 Å². The first-order chi connectivity index (χ1) is 52.9. The number of aliphatic hydroxyl groups is 7. The number of hydrogen-bond donors (Lipinski definition) is 10. The van der Waals surface area contributed by atoms with Crippen molar-refractivity contribution in [2.24, 2.45) is 0 Å². The minimum atomic E-state index is -1.11. The van der Waals surface area contributed by atoms with Gasteiger partial charge in [-0.2, -0.15) is 10.5 Å². The first-order valence-corrected chi connectivity index (χ1v) is 35.9. The van der Waals surface area contributed by atoms with Crippen LogP contribution in [-0.2, 0) is 36.5 Å². The molecule has 0 bridgehead atoms. The number of Topliss-reactive ketones (excluding diaryl/α,β-unsaturated/α-hetero) is 2. The quantitative estimate of drug-likeness (QED) is 0.0178. The van der Waals surface area contributed by atoms with E-state index in [2.05, 4.69) is 30.2 Å². The molecule has 590 valence electrons. The number of aromatic carboxylic acids is 1. The summed E-state index contributed by atoms with van der Waals surface area (Å²) >= 11 is 3.21. The van der Waals surface area contributed by atoms with Crippen LogP contribution in [0, 0.1) is 28.5 Å². The first kappa shape index (κ1) is 89.0. The summed E-state index contributed by atoms with van der Waals surface area (Å²) in [5.41, 5.74) is 10.9. The molecule has 33 heteroatoms. The molecule has 7 aromatic heterocycles. The highest BCUT2D eigenvalue weighted by Crippen LogP contribution is 2.32. The van der Waals surface area contributed by atoms with Crippen LogP contribution in [0.15, 0.2) is 163 Å². The number of benzene rings is 2. The number of thiophene rings is 2. The molecule has 0 saturated carbocycles. The summed E-state index contributed by atoms with van der Waals surface area (Å²) in [6.07, 6.45) is 3.06. The van der Waals surface area contributed by atoms with Gasteiger partial charge in [-0.3, -0.25) is 14.9 Å². The van der Waals surface area contributed by atoms with Crippen LogP contribution >= 0.6 is 22.7 Å². The fourth-order valence-electron chi connectivity index (χ4n) is 9.20. The van der Waals surface area contributed by atoms with Crippen LogP contribution in [0.5, 0.6) is 23.0 Å². The minimum absolute atomic E-state index is 0.0147. The minimum Gasteiger partial charge on any atom is -0.489 e. The van der Waals surface area contributed by atoms with Crippen LogP contribution in [-0.4, -0.2) is 203 Å². The van der Waals surface area contributed by atoms with E-state index in [1.165, 1.54) is 55.1 Å². The average molecular weight is 1570 g/mol. The third kappa shape index (κ3) is 32.3. The normalized spacial score (nSPS) is 15.0. The van der Waals surface area contributed by atoms with E-state index in [0.717, 1.165) is 32.6 Å². The van der Waals surface area contributed by atoms with Crippen molar-refractivity contribution < 1.29 is 107 Å². The lowest BCUT2D eigenvalue weighted by Gasteiger charge is -2.20. The Morgan fingerprint density at radius 1 is 0.586 bits per heavy atom. The van der Waals surface area contributed by atoms with Crippen molar-refractivity contribution >= 4 is 57.7 Å². The molecule has 2 fully saturated rings. The number of aliphatic hydroxyl groups excluding tert-OH is 7. The second kappa shape index (κ2) is 44.7. The second-order valence-electron chi connectivity index (χ2n) is 25.8. The monoisotopic (exact) mass is 1570 g/mol. The van der Waals surface area contributed by atoms with Crippen molar-refractivity contribution in [1.29, 1.82) is 10.5 Å². The summed E-state index contributed by atoms with van der Waals surface area (Å²) < 4.78 is 60.0. The van der Waals surface area contributed by atoms with Crippen molar-refractivity contribution in [3.05, 3.63) is 208 Å². The van der Waals surface area contributed by atoms with Gasteiger partial charge in [0, 0.05) is 34.0 Å². The lowest BCUT2D eigenvalue weighted by atomic mass is 10.0. The molecule has 9 aromatic rings. The van der Waals surface area contributed by atoms with Gasteiger partial charge in [0.15, 0.2) is 23.1 Å². The molecule has 9 heterocycles. The average Bonchev–Trinajstić information content (AvgIpc) is 1.74. The largest absolute Gasteiger partial charge is 0.489 e. The second-order valence-corrected chi connectivity index (χ2v) is 27.7. The number of pyridine rings is 5. The van der Waals surface area contributed by atoms with Gasteiger partial charge in [-0.15, -0.1) is 22.7 Å². The van der Waals surface area contributed by atoms with Crippen LogP contribution in [0.3, 0.4) is 0 Å². The number of nitrogens with one attached hydrogen (secondary N) is 1. The van der Waals surface area contributed by atoms with E-state index in [0.29, 0.717) is 71.1 Å². The topological polar surface area (TPSA) is 463 Å².